The number of nitrogens with zero attached hydrogens (tertiary/aromatic N) is 2. The molecule has 3 N–H and O–H groups in total. The van der Waals surface area contributed by atoms with Crippen LogP contribution in [0.3, 0.4) is 0 Å². The Labute approximate surface area is 90.0 Å². The molecule has 1 atom stereocenters. The molecule has 0 saturated heterocycles. The average molecular weight is 262 g/mol. The van der Waals surface area contributed by atoms with Gasteiger partial charge in [0.1, 0.15) is 6.04 Å². The Morgan fingerprint density at radius 1 is 1.86 bits per heavy atom. The van der Waals surface area contributed by atoms with Crippen LogP contribution in [0.5, 0.6) is 0 Å². The van der Waals surface area contributed by atoms with Crippen LogP contribution in [0.4, 0.5) is 0 Å². The zero-order chi connectivity index (χ0) is 10.7. The number of rotatable bonds is 4. The molecule has 1 heterocycles. The minimum absolute atomic E-state index is 0.282. The van der Waals surface area contributed by atoms with E-state index in [9.17, 15) is 4.79 Å². The highest BCUT2D eigenvalue weighted by Crippen LogP contribution is 2.17. The van der Waals surface area contributed by atoms with E-state index in [0.717, 1.165) is 10.2 Å². The van der Waals surface area contributed by atoms with Gasteiger partial charge in [0.2, 0.25) is 0 Å². The van der Waals surface area contributed by atoms with Gasteiger partial charge in [0.25, 0.3) is 0 Å². The normalized spacial score (nSPS) is 12.8. The third kappa shape index (κ3) is 2.33. The number of nitrogens with two attached hydrogens (primary N) is 1. The predicted molar refractivity (Wildman–Crippen MR) is 54.9 cm³/mol. The first-order valence-electron chi connectivity index (χ1n) is 4.24. The average Bonchev–Trinajstić information content (AvgIpc) is 2.47. The van der Waals surface area contributed by atoms with Crippen LogP contribution in [-0.2, 0) is 17.8 Å². The smallest absolute Gasteiger partial charge is 0.320 e. The SMILES string of the molecule is CCn1ncc(Br)c1CC(N)C(=O)O. The topological polar surface area (TPSA) is 81.1 Å². The first-order valence-corrected chi connectivity index (χ1v) is 5.04. The summed E-state index contributed by atoms with van der Waals surface area (Å²) >= 11 is 3.30. The highest BCUT2D eigenvalue weighted by atomic mass is 79.9. The molecule has 0 aliphatic rings. The van der Waals surface area contributed by atoms with Crippen LogP contribution in [-0.4, -0.2) is 26.9 Å². The fraction of sp³-hybridized carbons (Fsp3) is 0.500. The molecule has 0 spiro atoms. The fourth-order valence-corrected chi connectivity index (χ4v) is 1.62. The van der Waals surface area contributed by atoms with Gasteiger partial charge < -0.3 is 10.8 Å². The maximum atomic E-state index is 10.6. The summed E-state index contributed by atoms with van der Waals surface area (Å²) < 4.78 is 2.53. The molecule has 0 aliphatic carbocycles. The number of carboxylic acid groups (broad SMARTS) is 1. The maximum Gasteiger partial charge on any atom is 0.320 e. The molecule has 0 fully saturated rings. The predicted octanol–water partition coefficient (Wildman–Crippen LogP) is 0.620. The summed E-state index contributed by atoms with van der Waals surface area (Å²) in [6, 6.07) is -0.881. The van der Waals surface area contributed by atoms with Gasteiger partial charge in [0.05, 0.1) is 16.4 Å². The number of hydrogen-bond acceptors (Lipinski definition) is 3. The van der Waals surface area contributed by atoms with Gasteiger partial charge in [0, 0.05) is 13.0 Å². The molecule has 1 unspecified atom stereocenters. The Morgan fingerprint density at radius 2 is 2.50 bits per heavy atom. The molecule has 0 aliphatic heterocycles. The maximum absolute atomic E-state index is 10.6. The van der Waals surface area contributed by atoms with E-state index in [-0.39, 0.29) is 6.42 Å². The van der Waals surface area contributed by atoms with Gasteiger partial charge >= 0.3 is 5.97 Å². The molecule has 0 bridgehead atoms. The Bertz CT molecular complexity index is 337. The summed E-state index contributed by atoms with van der Waals surface area (Å²) in [5.74, 6) is -0.999. The van der Waals surface area contributed by atoms with Crippen LogP contribution in [0.1, 0.15) is 12.6 Å². The van der Waals surface area contributed by atoms with E-state index < -0.39 is 12.0 Å². The third-order valence-corrected chi connectivity index (χ3v) is 2.59. The van der Waals surface area contributed by atoms with Gasteiger partial charge in [-0.3, -0.25) is 9.48 Å². The van der Waals surface area contributed by atoms with Gasteiger partial charge in [-0.2, -0.15) is 5.10 Å². The van der Waals surface area contributed by atoms with Crippen molar-refractivity contribution >= 4 is 21.9 Å². The molecular formula is C8H12BrN3O2. The van der Waals surface area contributed by atoms with Crippen LogP contribution in [0.15, 0.2) is 10.7 Å². The highest BCUT2D eigenvalue weighted by Gasteiger charge is 2.17. The van der Waals surface area contributed by atoms with E-state index in [1.807, 2.05) is 6.92 Å². The number of aromatic nitrogens is 2. The Hall–Kier alpha value is -0.880. The lowest BCUT2D eigenvalue weighted by Crippen LogP contribution is -2.33. The molecule has 14 heavy (non-hydrogen) atoms. The number of carbonyl (C=O) groups is 1. The van der Waals surface area contributed by atoms with Crippen molar-refractivity contribution < 1.29 is 9.90 Å². The summed E-state index contributed by atoms with van der Waals surface area (Å²) in [6.07, 6.45) is 1.93. The van der Waals surface area contributed by atoms with Gasteiger partial charge in [-0.1, -0.05) is 0 Å². The van der Waals surface area contributed by atoms with Crippen molar-refractivity contribution in [2.24, 2.45) is 5.73 Å². The standard InChI is InChI=1S/C8H12BrN3O2/c1-2-12-7(5(9)4-11-12)3-6(10)8(13)14/h4,6H,2-3,10H2,1H3,(H,13,14). The third-order valence-electron chi connectivity index (χ3n) is 1.93. The zero-order valence-corrected chi connectivity index (χ0v) is 9.36. The quantitative estimate of drug-likeness (QED) is 0.833. The van der Waals surface area contributed by atoms with E-state index in [1.165, 1.54) is 0 Å². The lowest BCUT2D eigenvalue weighted by molar-refractivity contribution is -0.138. The molecule has 0 amide bonds. The summed E-state index contributed by atoms with van der Waals surface area (Å²) in [6.45, 7) is 2.64. The lowest BCUT2D eigenvalue weighted by Gasteiger charge is -2.08. The molecular weight excluding hydrogens is 250 g/mol. The summed E-state index contributed by atoms with van der Waals surface area (Å²) in [4.78, 5) is 10.6. The van der Waals surface area contributed by atoms with E-state index >= 15 is 0 Å². The van der Waals surface area contributed by atoms with Crippen LogP contribution < -0.4 is 5.73 Å². The van der Waals surface area contributed by atoms with E-state index in [4.69, 9.17) is 10.8 Å². The summed E-state index contributed by atoms with van der Waals surface area (Å²) in [7, 11) is 0. The molecule has 78 valence electrons. The molecule has 0 radical (unpaired) electrons. The minimum Gasteiger partial charge on any atom is -0.480 e. The minimum atomic E-state index is -0.999. The van der Waals surface area contributed by atoms with E-state index in [0.29, 0.717) is 6.54 Å². The monoisotopic (exact) mass is 261 g/mol. The molecule has 1 aromatic rings. The van der Waals surface area contributed by atoms with E-state index in [1.54, 1.807) is 10.9 Å². The van der Waals surface area contributed by atoms with Gasteiger partial charge in [-0.25, -0.2) is 0 Å². The van der Waals surface area contributed by atoms with Crippen LogP contribution in [0.25, 0.3) is 0 Å². The number of carboxylic acids is 1. The molecule has 1 rings (SSSR count). The molecule has 0 aromatic carbocycles. The molecule has 1 aromatic heterocycles. The summed E-state index contributed by atoms with van der Waals surface area (Å²) in [5.41, 5.74) is 6.26. The van der Waals surface area contributed by atoms with Crippen molar-refractivity contribution in [1.82, 2.24) is 9.78 Å². The Balaban J connectivity index is 2.84. The second-order valence-electron chi connectivity index (χ2n) is 2.90. The van der Waals surface area contributed by atoms with E-state index in [2.05, 4.69) is 21.0 Å². The summed E-state index contributed by atoms with van der Waals surface area (Å²) in [5, 5.41) is 12.7. The second kappa shape index (κ2) is 4.56. The Morgan fingerprint density at radius 3 is 3.00 bits per heavy atom. The second-order valence-corrected chi connectivity index (χ2v) is 3.76. The molecule has 0 saturated carbocycles. The zero-order valence-electron chi connectivity index (χ0n) is 7.77. The van der Waals surface area contributed by atoms with Gasteiger partial charge in [-0.15, -0.1) is 0 Å². The van der Waals surface area contributed by atoms with Crippen LogP contribution in [0, 0.1) is 0 Å². The van der Waals surface area contributed by atoms with Crippen molar-refractivity contribution in [3.05, 3.63) is 16.4 Å². The van der Waals surface area contributed by atoms with Crippen LogP contribution in [0.2, 0.25) is 0 Å². The van der Waals surface area contributed by atoms with Crippen molar-refractivity contribution in [2.75, 3.05) is 0 Å². The fourth-order valence-electron chi connectivity index (χ4n) is 1.16. The first-order chi connectivity index (χ1) is 6.56. The largest absolute Gasteiger partial charge is 0.480 e. The van der Waals surface area contributed by atoms with Gasteiger partial charge in [-0.05, 0) is 22.9 Å². The molecule has 6 heteroatoms. The number of aliphatic carboxylic acids is 1. The first kappa shape index (κ1) is 11.2. The Kier molecular flexibility index (Phi) is 3.65. The number of hydrogen-bond donors (Lipinski definition) is 2. The van der Waals surface area contributed by atoms with Crippen LogP contribution >= 0.6 is 15.9 Å². The van der Waals surface area contributed by atoms with Crippen molar-refractivity contribution in [3.63, 3.8) is 0 Å². The van der Waals surface area contributed by atoms with Crippen molar-refractivity contribution in [2.45, 2.75) is 25.9 Å². The van der Waals surface area contributed by atoms with Gasteiger partial charge in [0.15, 0.2) is 0 Å². The lowest BCUT2D eigenvalue weighted by atomic mass is 10.2. The highest BCUT2D eigenvalue weighted by molar-refractivity contribution is 9.10. The van der Waals surface area contributed by atoms with Crippen molar-refractivity contribution in [3.8, 4) is 0 Å². The van der Waals surface area contributed by atoms with Crippen molar-refractivity contribution in [1.29, 1.82) is 0 Å². The number of aryl methyl sites for hydroxylation is 1. The number of halogens is 1. The molecule has 5 nitrogen and oxygen atoms in total.